The number of piperidine rings is 1. The number of carbonyl (C=O) groups excluding carboxylic acids is 1. The number of rotatable bonds is 5. The van der Waals surface area contributed by atoms with Gasteiger partial charge in [0, 0.05) is 45.1 Å². The fourth-order valence-electron chi connectivity index (χ4n) is 2.76. The summed E-state index contributed by atoms with van der Waals surface area (Å²) in [5.41, 5.74) is 1.19. The average molecular weight is 463 g/mol. The van der Waals surface area contributed by atoms with Crippen molar-refractivity contribution in [3.63, 3.8) is 0 Å². The van der Waals surface area contributed by atoms with Crippen molar-refractivity contribution in [3.8, 4) is 0 Å². The highest BCUT2D eigenvalue weighted by Crippen LogP contribution is 2.11. The highest BCUT2D eigenvalue weighted by Gasteiger charge is 2.23. The Bertz CT molecular complexity index is 553. The lowest BCUT2D eigenvalue weighted by Gasteiger charge is -2.32. The number of aryl methyl sites for hydroxylation is 1. The second kappa shape index (κ2) is 11.2. The molecule has 1 aliphatic rings. The molecule has 2 rings (SSSR count). The average Bonchev–Trinajstić information content (AvgIpc) is 2.99. The van der Waals surface area contributed by atoms with E-state index in [-0.39, 0.29) is 30.1 Å². The van der Waals surface area contributed by atoms with Crippen molar-refractivity contribution in [2.45, 2.75) is 39.3 Å². The van der Waals surface area contributed by atoms with Gasteiger partial charge in [-0.2, -0.15) is 0 Å². The van der Waals surface area contributed by atoms with Crippen LogP contribution in [-0.2, 0) is 18.3 Å². The number of nitrogens with one attached hydrogen (secondary N) is 2. The third-order valence-corrected chi connectivity index (χ3v) is 4.02. The highest BCUT2D eigenvalue weighted by atomic mass is 127. The molecular weight excluding hydrogens is 433 g/mol. The summed E-state index contributed by atoms with van der Waals surface area (Å²) >= 11 is 0. The Morgan fingerprint density at radius 3 is 2.64 bits per heavy atom. The van der Waals surface area contributed by atoms with Gasteiger partial charge in [-0.3, -0.25) is 0 Å². The smallest absolute Gasteiger partial charge is 0.409 e. The molecule has 0 spiro atoms. The Kier molecular flexibility index (Phi) is 9.69. The van der Waals surface area contributed by atoms with Gasteiger partial charge < -0.3 is 24.8 Å². The topological polar surface area (TPSA) is 70.9 Å². The SMILES string of the molecule is CCNC(=NCc1ccn(C)c1)NC1CCN(C(=O)OCC)CC1.I. The number of aromatic nitrogens is 1. The Morgan fingerprint density at radius 2 is 2.08 bits per heavy atom. The summed E-state index contributed by atoms with van der Waals surface area (Å²) in [5, 5.41) is 6.77. The van der Waals surface area contributed by atoms with E-state index in [1.165, 1.54) is 5.56 Å². The number of ether oxygens (including phenoxy) is 1. The number of amides is 1. The van der Waals surface area contributed by atoms with Crippen LogP contribution in [0.15, 0.2) is 23.5 Å². The summed E-state index contributed by atoms with van der Waals surface area (Å²) in [4.78, 5) is 18.2. The quantitative estimate of drug-likeness (QED) is 0.400. The second-order valence-electron chi connectivity index (χ2n) is 5.98. The van der Waals surface area contributed by atoms with Crippen LogP contribution in [-0.4, -0.2) is 53.8 Å². The molecule has 2 heterocycles. The first-order chi connectivity index (χ1) is 11.6. The minimum Gasteiger partial charge on any atom is -0.450 e. The fourth-order valence-corrected chi connectivity index (χ4v) is 2.76. The number of halogens is 1. The minimum atomic E-state index is -0.208. The number of nitrogens with zero attached hydrogens (tertiary/aromatic N) is 3. The van der Waals surface area contributed by atoms with E-state index in [0.717, 1.165) is 25.3 Å². The number of hydrogen-bond acceptors (Lipinski definition) is 3. The van der Waals surface area contributed by atoms with Gasteiger partial charge in [-0.25, -0.2) is 9.79 Å². The lowest BCUT2D eigenvalue weighted by atomic mass is 10.1. The van der Waals surface area contributed by atoms with Crippen LogP contribution in [0.5, 0.6) is 0 Å². The van der Waals surface area contributed by atoms with Gasteiger partial charge in [0.1, 0.15) is 0 Å². The van der Waals surface area contributed by atoms with Crippen molar-refractivity contribution < 1.29 is 9.53 Å². The molecule has 1 aliphatic heterocycles. The molecule has 2 N–H and O–H groups in total. The molecule has 0 saturated carbocycles. The Labute approximate surface area is 167 Å². The van der Waals surface area contributed by atoms with Gasteiger partial charge in [0.2, 0.25) is 0 Å². The molecule has 25 heavy (non-hydrogen) atoms. The largest absolute Gasteiger partial charge is 0.450 e. The first kappa shape index (κ1) is 21.6. The van der Waals surface area contributed by atoms with Gasteiger partial charge in [-0.1, -0.05) is 0 Å². The minimum absolute atomic E-state index is 0. The van der Waals surface area contributed by atoms with Crippen LogP contribution < -0.4 is 10.6 Å². The molecule has 1 aromatic rings. The Balaban J connectivity index is 0.00000312. The molecule has 0 unspecified atom stereocenters. The van der Waals surface area contributed by atoms with Crippen LogP contribution >= 0.6 is 24.0 Å². The van der Waals surface area contributed by atoms with E-state index < -0.39 is 0 Å². The first-order valence-corrected chi connectivity index (χ1v) is 8.69. The van der Waals surface area contributed by atoms with Crippen LogP contribution in [0.3, 0.4) is 0 Å². The lowest BCUT2D eigenvalue weighted by molar-refractivity contribution is 0.0963. The summed E-state index contributed by atoms with van der Waals surface area (Å²) in [7, 11) is 2.01. The molecular formula is C17H30IN5O2. The third-order valence-electron chi connectivity index (χ3n) is 4.02. The van der Waals surface area contributed by atoms with Crippen molar-refractivity contribution in [1.82, 2.24) is 20.1 Å². The van der Waals surface area contributed by atoms with Gasteiger partial charge in [-0.15, -0.1) is 24.0 Å². The summed E-state index contributed by atoms with van der Waals surface area (Å²) < 4.78 is 7.08. The zero-order chi connectivity index (χ0) is 17.4. The van der Waals surface area contributed by atoms with Crippen LogP contribution in [0.25, 0.3) is 0 Å². The molecule has 142 valence electrons. The van der Waals surface area contributed by atoms with E-state index in [1.54, 1.807) is 4.90 Å². The maximum absolute atomic E-state index is 11.7. The summed E-state index contributed by atoms with van der Waals surface area (Å²) in [6.45, 7) is 7.22. The second-order valence-corrected chi connectivity index (χ2v) is 5.98. The monoisotopic (exact) mass is 463 g/mol. The Morgan fingerprint density at radius 1 is 1.36 bits per heavy atom. The highest BCUT2D eigenvalue weighted by molar-refractivity contribution is 14.0. The predicted molar refractivity (Wildman–Crippen MR) is 110 cm³/mol. The standard InChI is InChI=1S/C17H29N5O2.HI/c1-4-18-16(19-12-14-6-9-21(3)13-14)20-15-7-10-22(11-8-15)17(23)24-5-2;/h6,9,13,15H,4-5,7-8,10-12H2,1-3H3,(H2,18,19,20);1H. The summed E-state index contributed by atoms with van der Waals surface area (Å²) in [6, 6.07) is 2.40. The molecule has 7 nitrogen and oxygen atoms in total. The van der Waals surface area contributed by atoms with Crippen LogP contribution in [0.4, 0.5) is 4.79 Å². The van der Waals surface area contributed by atoms with Crippen molar-refractivity contribution >= 4 is 36.0 Å². The molecule has 1 saturated heterocycles. The third kappa shape index (κ3) is 7.13. The van der Waals surface area contributed by atoms with Crippen LogP contribution in [0, 0.1) is 0 Å². The molecule has 0 aliphatic carbocycles. The molecule has 1 amide bonds. The van der Waals surface area contributed by atoms with Crippen LogP contribution in [0.2, 0.25) is 0 Å². The van der Waals surface area contributed by atoms with Crippen molar-refractivity contribution in [2.75, 3.05) is 26.2 Å². The molecule has 8 heteroatoms. The van der Waals surface area contributed by atoms with E-state index in [1.807, 2.05) is 24.7 Å². The number of likely N-dealkylation sites (tertiary alicyclic amines) is 1. The van der Waals surface area contributed by atoms with Gasteiger partial charge in [0.15, 0.2) is 5.96 Å². The van der Waals surface area contributed by atoms with E-state index in [2.05, 4.69) is 34.8 Å². The molecule has 1 fully saturated rings. The predicted octanol–water partition coefficient (Wildman–Crippen LogP) is 2.32. The molecule has 0 atom stereocenters. The van der Waals surface area contributed by atoms with E-state index in [4.69, 9.17) is 4.74 Å². The van der Waals surface area contributed by atoms with E-state index in [9.17, 15) is 4.79 Å². The van der Waals surface area contributed by atoms with Gasteiger partial charge >= 0.3 is 6.09 Å². The number of carbonyl (C=O) groups is 1. The van der Waals surface area contributed by atoms with Gasteiger partial charge in [-0.05, 0) is 38.3 Å². The normalized spacial score (nSPS) is 15.5. The summed E-state index contributed by atoms with van der Waals surface area (Å²) in [6.07, 6.45) is 5.69. The molecule has 1 aromatic heterocycles. The molecule has 0 radical (unpaired) electrons. The molecule has 0 aromatic carbocycles. The zero-order valence-corrected chi connectivity index (χ0v) is 17.7. The first-order valence-electron chi connectivity index (χ1n) is 8.69. The van der Waals surface area contributed by atoms with Gasteiger partial charge in [0.25, 0.3) is 0 Å². The number of guanidine groups is 1. The maximum atomic E-state index is 11.7. The van der Waals surface area contributed by atoms with E-state index in [0.29, 0.717) is 32.3 Å². The van der Waals surface area contributed by atoms with Crippen molar-refractivity contribution in [1.29, 1.82) is 0 Å². The Hall–Kier alpha value is -1.45. The van der Waals surface area contributed by atoms with Crippen molar-refractivity contribution in [3.05, 3.63) is 24.0 Å². The zero-order valence-electron chi connectivity index (χ0n) is 15.3. The van der Waals surface area contributed by atoms with Crippen LogP contribution in [0.1, 0.15) is 32.3 Å². The van der Waals surface area contributed by atoms with Crippen molar-refractivity contribution in [2.24, 2.45) is 12.0 Å². The number of hydrogen-bond donors (Lipinski definition) is 2. The fraction of sp³-hybridized carbons (Fsp3) is 0.647. The maximum Gasteiger partial charge on any atom is 0.409 e. The summed E-state index contributed by atoms with van der Waals surface area (Å²) in [5.74, 6) is 0.830. The molecule has 0 bridgehead atoms. The number of aliphatic imine (C=N–C) groups is 1. The van der Waals surface area contributed by atoms with Gasteiger partial charge in [0.05, 0.1) is 13.2 Å². The lowest BCUT2D eigenvalue weighted by Crippen LogP contribution is -2.49. The van der Waals surface area contributed by atoms with E-state index >= 15 is 0 Å².